The first kappa shape index (κ1) is 20.0. The Morgan fingerprint density at radius 3 is 2.35 bits per heavy atom. The molecule has 0 bridgehead atoms. The summed E-state index contributed by atoms with van der Waals surface area (Å²) in [5.74, 6) is 2.28. The molecule has 0 unspecified atom stereocenters. The molecule has 5 nitrogen and oxygen atoms in total. The van der Waals surface area contributed by atoms with E-state index in [9.17, 15) is 0 Å². The lowest BCUT2D eigenvalue weighted by Gasteiger charge is -2.26. The summed E-state index contributed by atoms with van der Waals surface area (Å²) in [4.78, 5) is 8.96. The third-order valence-electron chi connectivity index (χ3n) is 4.26. The van der Waals surface area contributed by atoms with Gasteiger partial charge in [-0.25, -0.2) is 9.98 Å². The fourth-order valence-electron chi connectivity index (χ4n) is 2.51. The van der Waals surface area contributed by atoms with Crippen LogP contribution in [-0.2, 0) is 17.4 Å². The zero-order chi connectivity index (χ0) is 19.2. The average molecular weight is 357 g/mol. The number of guanidine groups is 1. The van der Waals surface area contributed by atoms with E-state index < -0.39 is 0 Å². The van der Waals surface area contributed by atoms with Crippen molar-refractivity contribution in [1.29, 1.82) is 0 Å². The van der Waals surface area contributed by atoms with E-state index in [2.05, 4.69) is 86.4 Å². The standard InChI is InChI=1S/C21H32N4O/c1-7-22-19(24-14-18-23-13-17(26-18)20(2,3)4)25-15-21(5,6)16-11-9-8-10-12-16/h8-13H,7,14-15H2,1-6H3,(H2,22,24,25). The molecule has 0 aliphatic rings. The molecule has 0 fully saturated rings. The summed E-state index contributed by atoms with van der Waals surface area (Å²) >= 11 is 0. The molecular formula is C21H32N4O. The van der Waals surface area contributed by atoms with Gasteiger partial charge in [-0.1, -0.05) is 65.0 Å². The van der Waals surface area contributed by atoms with Gasteiger partial charge in [0.2, 0.25) is 5.89 Å². The van der Waals surface area contributed by atoms with E-state index in [4.69, 9.17) is 4.42 Å². The van der Waals surface area contributed by atoms with E-state index in [1.807, 2.05) is 6.07 Å². The van der Waals surface area contributed by atoms with Gasteiger partial charge in [-0.15, -0.1) is 0 Å². The van der Waals surface area contributed by atoms with Gasteiger partial charge in [-0.2, -0.15) is 0 Å². The van der Waals surface area contributed by atoms with E-state index in [0.29, 0.717) is 12.4 Å². The lowest BCUT2D eigenvalue weighted by molar-refractivity contribution is 0.383. The fourth-order valence-corrected chi connectivity index (χ4v) is 2.51. The molecule has 2 N–H and O–H groups in total. The van der Waals surface area contributed by atoms with Crippen molar-refractivity contribution in [3.63, 3.8) is 0 Å². The largest absolute Gasteiger partial charge is 0.443 e. The highest BCUT2D eigenvalue weighted by molar-refractivity contribution is 5.79. The Kier molecular flexibility index (Phi) is 6.46. The van der Waals surface area contributed by atoms with E-state index >= 15 is 0 Å². The molecule has 142 valence electrons. The molecule has 1 aromatic heterocycles. The Hall–Kier alpha value is -2.30. The van der Waals surface area contributed by atoms with Gasteiger partial charge < -0.3 is 15.1 Å². The van der Waals surface area contributed by atoms with Crippen molar-refractivity contribution in [2.24, 2.45) is 4.99 Å². The number of nitrogens with one attached hydrogen (secondary N) is 2. The molecule has 0 amide bonds. The molecule has 2 aromatic rings. The number of oxazole rings is 1. The van der Waals surface area contributed by atoms with Crippen LogP contribution in [0.3, 0.4) is 0 Å². The van der Waals surface area contributed by atoms with Crippen molar-refractivity contribution < 1.29 is 4.42 Å². The molecule has 2 rings (SSSR count). The molecule has 0 atom stereocenters. The Bertz CT molecular complexity index is 711. The second-order valence-corrected chi connectivity index (χ2v) is 8.17. The van der Waals surface area contributed by atoms with Crippen molar-refractivity contribution in [1.82, 2.24) is 15.6 Å². The molecule has 0 spiro atoms. The molecule has 0 saturated carbocycles. The van der Waals surface area contributed by atoms with Gasteiger partial charge in [0.25, 0.3) is 0 Å². The molecule has 0 radical (unpaired) electrons. The zero-order valence-electron chi connectivity index (χ0n) is 16.9. The summed E-state index contributed by atoms with van der Waals surface area (Å²) in [5.41, 5.74) is 1.25. The molecule has 1 aromatic carbocycles. The minimum absolute atomic E-state index is 0.000211. The van der Waals surface area contributed by atoms with E-state index in [1.54, 1.807) is 6.20 Å². The van der Waals surface area contributed by atoms with Gasteiger partial charge in [0.1, 0.15) is 12.3 Å². The highest BCUT2D eigenvalue weighted by atomic mass is 16.4. The topological polar surface area (TPSA) is 62.5 Å². The van der Waals surface area contributed by atoms with Crippen molar-refractivity contribution in [3.8, 4) is 0 Å². The summed E-state index contributed by atoms with van der Waals surface area (Å²) in [7, 11) is 0. The predicted octanol–water partition coefficient (Wildman–Crippen LogP) is 4.01. The minimum atomic E-state index is -0.0442. The quantitative estimate of drug-likeness (QED) is 0.606. The van der Waals surface area contributed by atoms with Crippen LogP contribution in [-0.4, -0.2) is 24.0 Å². The number of hydrogen-bond donors (Lipinski definition) is 2. The van der Waals surface area contributed by atoms with Crippen LogP contribution in [0.25, 0.3) is 0 Å². The van der Waals surface area contributed by atoms with E-state index in [1.165, 1.54) is 5.56 Å². The predicted molar refractivity (Wildman–Crippen MR) is 107 cm³/mol. The number of aliphatic imine (C=N–C) groups is 1. The van der Waals surface area contributed by atoms with Crippen LogP contribution in [0.5, 0.6) is 0 Å². The lowest BCUT2D eigenvalue weighted by atomic mass is 9.85. The first-order valence-electron chi connectivity index (χ1n) is 9.25. The van der Waals surface area contributed by atoms with Crippen LogP contribution < -0.4 is 10.6 Å². The normalized spacial score (nSPS) is 12.9. The second-order valence-electron chi connectivity index (χ2n) is 8.17. The average Bonchev–Trinajstić information content (AvgIpc) is 3.07. The third kappa shape index (κ3) is 5.61. The number of hydrogen-bond acceptors (Lipinski definition) is 3. The first-order valence-corrected chi connectivity index (χ1v) is 9.25. The smallest absolute Gasteiger partial charge is 0.216 e. The molecule has 1 heterocycles. The fraction of sp³-hybridized carbons (Fsp3) is 0.524. The number of nitrogens with zero attached hydrogens (tertiary/aromatic N) is 2. The van der Waals surface area contributed by atoms with Crippen LogP contribution in [0.2, 0.25) is 0 Å². The summed E-state index contributed by atoms with van der Waals surface area (Å²) in [5, 5.41) is 6.72. The Balaban J connectivity index is 2.01. The van der Waals surface area contributed by atoms with Gasteiger partial charge in [0.15, 0.2) is 5.96 Å². The number of rotatable bonds is 6. The molecule has 5 heteroatoms. The second kappa shape index (κ2) is 8.39. The maximum absolute atomic E-state index is 5.82. The lowest BCUT2D eigenvalue weighted by Crippen LogP contribution is -2.43. The third-order valence-corrected chi connectivity index (χ3v) is 4.26. The van der Waals surface area contributed by atoms with E-state index in [-0.39, 0.29) is 10.8 Å². The minimum Gasteiger partial charge on any atom is -0.443 e. The van der Waals surface area contributed by atoms with Crippen molar-refractivity contribution >= 4 is 5.96 Å². The van der Waals surface area contributed by atoms with E-state index in [0.717, 1.165) is 24.8 Å². The van der Waals surface area contributed by atoms with Crippen LogP contribution in [0.1, 0.15) is 58.8 Å². The Labute approximate surface area is 157 Å². The van der Waals surface area contributed by atoms with Gasteiger partial charge >= 0.3 is 0 Å². The molecule has 0 aliphatic carbocycles. The van der Waals surface area contributed by atoms with Gasteiger partial charge in [-0.3, -0.25) is 0 Å². The van der Waals surface area contributed by atoms with Gasteiger partial charge in [0.05, 0.1) is 6.20 Å². The van der Waals surface area contributed by atoms with Crippen LogP contribution in [0.4, 0.5) is 0 Å². The van der Waals surface area contributed by atoms with Crippen molar-refractivity contribution in [2.45, 2.75) is 58.9 Å². The van der Waals surface area contributed by atoms with Gasteiger partial charge in [-0.05, 0) is 12.5 Å². The first-order chi connectivity index (χ1) is 12.2. The molecule has 26 heavy (non-hydrogen) atoms. The summed E-state index contributed by atoms with van der Waals surface area (Å²) < 4.78 is 5.82. The zero-order valence-corrected chi connectivity index (χ0v) is 16.9. The Morgan fingerprint density at radius 2 is 1.77 bits per heavy atom. The van der Waals surface area contributed by atoms with Crippen LogP contribution in [0, 0.1) is 0 Å². The van der Waals surface area contributed by atoms with Crippen molar-refractivity contribution in [3.05, 3.63) is 53.7 Å². The monoisotopic (exact) mass is 356 g/mol. The number of benzene rings is 1. The summed E-state index contributed by atoms with van der Waals surface area (Å²) in [6, 6.07) is 10.5. The molecule has 0 saturated heterocycles. The van der Waals surface area contributed by atoms with Gasteiger partial charge in [0, 0.05) is 23.9 Å². The maximum Gasteiger partial charge on any atom is 0.216 e. The SMILES string of the molecule is CCNC(=NCc1ncc(C(C)(C)C)o1)NCC(C)(C)c1ccccc1. The maximum atomic E-state index is 5.82. The Morgan fingerprint density at radius 1 is 1.08 bits per heavy atom. The summed E-state index contributed by atoms with van der Waals surface area (Å²) in [6.45, 7) is 14.8. The highest BCUT2D eigenvalue weighted by Crippen LogP contribution is 2.23. The number of aromatic nitrogens is 1. The van der Waals surface area contributed by atoms with Crippen LogP contribution >= 0.6 is 0 Å². The van der Waals surface area contributed by atoms with Crippen LogP contribution in [0.15, 0.2) is 45.9 Å². The van der Waals surface area contributed by atoms with Crippen molar-refractivity contribution in [2.75, 3.05) is 13.1 Å². The molecule has 0 aliphatic heterocycles. The highest BCUT2D eigenvalue weighted by Gasteiger charge is 2.21. The molecular weight excluding hydrogens is 324 g/mol. The summed E-state index contributed by atoms with van der Waals surface area (Å²) in [6.07, 6.45) is 1.80.